The Hall–Kier alpha value is -3.36. The molecule has 8 heteroatoms. The molecule has 8 unspecified atom stereocenters. The van der Waals surface area contributed by atoms with Gasteiger partial charge in [0.15, 0.2) is 17.4 Å². The van der Waals surface area contributed by atoms with Gasteiger partial charge in [-0.25, -0.2) is 13.6 Å². The van der Waals surface area contributed by atoms with Crippen LogP contribution in [0.4, 0.5) is 13.6 Å². The Bertz CT molecular complexity index is 1660. The maximum absolute atomic E-state index is 14.6. The van der Waals surface area contributed by atoms with Gasteiger partial charge < -0.3 is 19.8 Å². The Morgan fingerprint density at radius 1 is 0.936 bits per heavy atom. The molecule has 0 saturated heterocycles. The van der Waals surface area contributed by atoms with Crippen molar-refractivity contribution >= 4 is 11.9 Å². The Balaban J connectivity index is 1.32. The van der Waals surface area contributed by atoms with E-state index in [0.29, 0.717) is 44.2 Å². The molecular weight excluding hydrogens is 600 g/mol. The number of benzene rings is 2. The molecule has 2 spiro atoms. The van der Waals surface area contributed by atoms with Crippen LogP contribution in [0.2, 0.25) is 0 Å². The number of aliphatic hydroxyl groups excluding tert-OH is 1. The summed E-state index contributed by atoms with van der Waals surface area (Å²) >= 11 is 0. The Morgan fingerprint density at radius 2 is 1.64 bits per heavy atom. The van der Waals surface area contributed by atoms with E-state index in [2.05, 4.69) is 32.1 Å². The zero-order chi connectivity index (χ0) is 33.4. The third-order valence-corrected chi connectivity index (χ3v) is 13.3. The van der Waals surface area contributed by atoms with Crippen molar-refractivity contribution in [1.29, 1.82) is 0 Å². The summed E-state index contributed by atoms with van der Waals surface area (Å²) in [5, 5.41) is 23.7. The summed E-state index contributed by atoms with van der Waals surface area (Å²) < 4.78 is 34.0. The fourth-order valence-electron chi connectivity index (χ4n) is 10.9. The lowest BCUT2D eigenvalue weighted by Crippen LogP contribution is -2.67. The van der Waals surface area contributed by atoms with Crippen LogP contribution in [0.15, 0.2) is 72.3 Å². The van der Waals surface area contributed by atoms with Gasteiger partial charge in [-0.3, -0.25) is 4.79 Å². The normalized spacial score (nSPS) is 38.2. The molecule has 8 rings (SSSR count). The van der Waals surface area contributed by atoms with Gasteiger partial charge in [0, 0.05) is 33.9 Å². The Labute approximate surface area is 275 Å². The average molecular weight is 646 g/mol. The summed E-state index contributed by atoms with van der Waals surface area (Å²) in [4.78, 5) is 29.5. The predicted octanol–water partition coefficient (Wildman–Crippen LogP) is 7.40. The highest BCUT2D eigenvalue weighted by Crippen LogP contribution is 2.78. The van der Waals surface area contributed by atoms with Gasteiger partial charge >= 0.3 is 6.09 Å². The highest BCUT2D eigenvalue weighted by molar-refractivity contribution is 6.10. The minimum absolute atomic E-state index is 0.0487. The minimum Gasteiger partial charge on any atom is -0.450 e. The number of halogens is 2. The third-order valence-electron chi connectivity index (χ3n) is 13.3. The molecule has 2 aromatic carbocycles. The topological polar surface area (TPSA) is 87.1 Å². The van der Waals surface area contributed by atoms with Crippen LogP contribution in [0.25, 0.3) is 0 Å². The van der Waals surface area contributed by atoms with Gasteiger partial charge in [0.05, 0.1) is 24.9 Å². The highest BCUT2D eigenvalue weighted by atomic mass is 19.2. The molecule has 6 aliphatic rings. The second-order valence-corrected chi connectivity index (χ2v) is 15.3. The average Bonchev–Trinajstić information content (AvgIpc) is 3.32. The first kappa shape index (κ1) is 32.2. The fourth-order valence-corrected chi connectivity index (χ4v) is 10.9. The lowest BCUT2D eigenvalue weighted by molar-refractivity contribution is -0.175. The van der Waals surface area contributed by atoms with Crippen molar-refractivity contribution < 1.29 is 33.3 Å². The van der Waals surface area contributed by atoms with E-state index in [1.807, 2.05) is 30.3 Å². The summed E-state index contributed by atoms with van der Waals surface area (Å²) in [5.74, 6) is -2.52. The van der Waals surface area contributed by atoms with Gasteiger partial charge in [0.25, 0.3) is 0 Å². The standard InChI is InChI=1S/C39H45F2NO5/c1-4-47-34(45)42(23-25-8-6-5-7-9-25)24-38(46)17-14-32-36(38,3)16-13-31-35(2)15-12-27(43)21-37(35)18-19-39(31,32)28(22-37)33(44)26-10-11-29(40)30(41)20-26/h5-11,18-20,22,27,31-32,43,46H,4,12-17,21,23-24H2,1-3H3. The van der Waals surface area contributed by atoms with Gasteiger partial charge in [-0.05, 0) is 92.9 Å². The number of aliphatic hydroxyl groups is 2. The summed E-state index contributed by atoms with van der Waals surface area (Å²) in [5.41, 5.74) is -1.88. The first-order valence-corrected chi connectivity index (χ1v) is 17.1. The molecule has 47 heavy (non-hydrogen) atoms. The predicted molar refractivity (Wildman–Crippen MR) is 173 cm³/mol. The summed E-state index contributed by atoms with van der Waals surface area (Å²) in [6.07, 6.45) is 9.96. The molecule has 6 nitrogen and oxygen atoms in total. The summed E-state index contributed by atoms with van der Waals surface area (Å²) in [6, 6.07) is 13.0. The number of nitrogens with zero attached hydrogens (tertiary/aromatic N) is 1. The van der Waals surface area contributed by atoms with Crippen molar-refractivity contribution in [2.75, 3.05) is 13.2 Å². The van der Waals surface area contributed by atoms with Gasteiger partial charge in [-0.15, -0.1) is 0 Å². The van der Waals surface area contributed by atoms with E-state index < -0.39 is 45.7 Å². The largest absolute Gasteiger partial charge is 0.450 e. The summed E-state index contributed by atoms with van der Waals surface area (Å²) in [7, 11) is 0. The molecule has 0 aromatic heterocycles. The van der Waals surface area contributed by atoms with Crippen LogP contribution in [0.3, 0.4) is 0 Å². The van der Waals surface area contributed by atoms with E-state index in [9.17, 15) is 28.6 Å². The number of amides is 1. The number of carbonyl (C=O) groups is 2. The Kier molecular flexibility index (Phi) is 7.60. The number of carbonyl (C=O) groups excluding carboxylic acids is 2. The van der Waals surface area contributed by atoms with Crippen molar-refractivity contribution in [1.82, 2.24) is 4.90 Å². The van der Waals surface area contributed by atoms with Gasteiger partial charge in [-0.2, -0.15) is 0 Å². The first-order chi connectivity index (χ1) is 22.3. The number of allylic oxidation sites excluding steroid dienone is 4. The molecule has 250 valence electrons. The molecule has 6 aliphatic carbocycles. The first-order valence-electron chi connectivity index (χ1n) is 17.1. The van der Waals surface area contributed by atoms with Crippen LogP contribution in [0.1, 0.15) is 81.6 Å². The maximum Gasteiger partial charge on any atom is 0.410 e. The molecule has 3 saturated carbocycles. The molecule has 0 aliphatic heterocycles. The molecule has 0 radical (unpaired) electrons. The zero-order valence-corrected chi connectivity index (χ0v) is 27.5. The summed E-state index contributed by atoms with van der Waals surface area (Å²) in [6.45, 7) is 6.76. The zero-order valence-electron chi connectivity index (χ0n) is 27.5. The van der Waals surface area contributed by atoms with E-state index in [-0.39, 0.29) is 41.7 Å². The van der Waals surface area contributed by atoms with E-state index in [4.69, 9.17) is 4.74 Å². The van der Waals surface area contributed by atoms with Gasteiger partial charge in [0.1, 0.15) is 0 Å². The number of Topliss-reactive ketones (excluding diaryl/α,β-unsaturated/α-hetero) is 1. The van der Waals surface area contributed by atoms with Crippen LogP contribution in [-0.4, -0.2) is 51.8 Å². The molecule has 2 bridgehead atoms. The molecule has 1 amide bonds. The molecule has 8 atom stereocenters. The van der Waals surface area contributed by atoms with Crippen molar-refractivity contribution in [3.8, 4) is 0 Å². The van der Waals surface area contributed by atoms with E-state index in [1.165, 1.54) is 6.07 Å². The number of ether oxygens (including phenoxy) is 1. The van der Waals surface area contributed by atoms with E-state index >= 15 is 0 Å². The van der Waals surface area contributed by atoms with Crippen molar-refractivity contribution in [3.05, 3.63) is 95.1 Å². The molecule has 3 fully saturated rings. The van der Waals surface area contributed by atoms with Crippen LogP contribution in [-0.2, 0) is 11.3 Å². The number of hydrogen-bond acceptors (Lipinski definition) is 5. The maximum atomic E-state index is 14.6. The van der Waals surface area contributed by atoms with Crippen LogP contribution in [0.5, 0.6) is 0 Å². The van der Waals surface area contributed by atoms with Crippen molar-refractivity contribution in [2.24, 2.45) is 33.5 Å². The molecule has 2 aromatic rings. The second kappa shape index (κ2) is 11.1. The van der Waals surface area contributed by atoms with Crippen LogP contribution < -0.4 is 0 Å². The number of ketones is 1. The lowest BCUT2D eigenvalue weighted by atomic mass is 9.32. The number of rotatable bonds is 7. The number of hydrogen-bond donors (Lipinski definition) is 2. The third kappa shape index (κ3) is 4.53. The number of fused-ring (bicyclic) bond motifs is 1. The minimum atomic E-state index is -1.27. The smallest absolute Gasteiger partial charge is 0.410 e. The van der Waals surface area contributed by atoms with E-state index in [1.54, 1.807) is 11.8 Å². The molecular formula is C39H45F2NO5. The van der Waals surface area contributed by atoms with Gasteiger partial charge in [0.2, 0.25) is 0 Å². The van der Waals surface area contributed by atoms with Crippen LogP contribution >= 0.6 is 0 Å². The quantitative estimate of drug-likeness (QED) is 0.242. The lowest BCUT2D eigenvalue weighted by Gasteiger charge is -2.71. The van der Waals surface area contributed by atoms with Crippen molar-refractivity contribution in [2.45, 2.75) is 84.0 Å². The second-order valence-electron chi connectivity index (χ2n) is 15.3. The molecule has 0 heterocycles. The van der Waals surface area contributed by atoms with E-state index in [0.717, 1.165) is 30.5 Å². The Morgan fingerprint density at radius 3 is 2.36 bits per heavy atom. The highest BCUT2D eigenvalue weighted by Gasteiger charge is 2.74. The monoisotopic (exact) mass is 645 g/mol. The SMILES string of the molecule is CCOC(=O)N(Cc1ccccc1)CC1(O)CCC2C34C=CC5(C=C3C(=O)c3ccc(F)c(F)c3)CC(O)CCC5(C)C4CCC21C. The van der Waals surface area contributed by atoms with Crippen molar-refractivity contribution in [3.63, 3.8) is 0 Å². The van der Waals surface area contributed by atoms with Gasteiger partial charge in [-0.1, -0.05) is 62.4 Å². The fraction of sp³-hybridized carbons (Fsp3) is 0.538. The van der Waals surface area contributed by atoms with Crippen LogP contribution in [0, 0.1) is 45.1 Å². The molecule has 2 N–H and O–H groups in total.